The van der Waals surface area contributed by atoms with Gasteiger partial charge in [0.1, 0.15) is 16.2 Å². The second-order valence-electron chi connectivity index (χ2n) is 12.6. The molecule has 3 aliphatic rings. The summed E-state index contributed by atoms with van der Waals surface area (Å²) in [4.78, 5) is 0.957. The lowest BCUT2D eigenvalue weighted by molar-refractivity contribution is -0.668. The van der Waals surface area contributed by atoms with Gasteiger partial charge in [0.15, 0.2) is 17.3 Å². The highest BCUT2D eigenvalue weighted by molar-refractivity contribution is 8.03. The molecule has 3 atom stereocenters. The van der Waals surface area contributed by atoms with E-state index in [1.807, 2.05) is 50.2 Å². The zero-order chi connectivity index (χ0) is 34.4. The van der Waals surface area contributed by atoms with Crippen LogP contribution >= 0.6 is 23.1 Å². The molecular formula is C34H42N2O8S4+2. The van der Waals surface area contributed by atoms with E-state index in [4.69, 9.17) is 9.47 Å². The molecule has 2 aromatic carbocycles. The molecule has 0 radical (unpaired) electrons. The highest BCUT2D eigenvalue weighted by Crippen LogP contribution is 2.59. The molecule has 0 amide bonds. The average Bonchev–Trinajstić information content (AvgIpc) is 3.49. The number of ether oxygens (including phenoxy) is 2. The van der Waals surface area contributed by atoms with E-state index in [2.05, 4.69) is 30.6 Å². The standard InChI is InChI=1S/C34H40N2O8S4/c1-5-43-26-8-10-30-28(20-26)35(13-7-15-47(37,38)39)32(45-30)18-24-16-22(3)17-25(23(24)4)19-33-36(14-12-34(36)48(40,41)42)29-21-27(44-6-2)9-11-31(29)46-33/h8-11,18-22,34H,5-7,12-17H2,1-4H3/p+2. The van der Waals surface area contributed by atoms with Crippen molar-refractivity contribution in [2.75, 3.05) is 25.5 Å². The first kappa shape index (κ1) is 35.1. The van der Waals surface area contributed by atoms with Gasteiger partial charge in [-0.1, -0.05) is 18.3 Å². The number of fused-ring (bicyclic) bond motifs is 3. The van der Waals surface area contributed by atoms with Gasteiger partial charge in [-0.15, -0.1) is 0 Å². The first-order valence-electron chi connectivity index (χ1n) is 16.2. The smallest absolute Gasteiger partial charge is 0.320 e. The summed E-state index contributed by atoms with van der Waals surface area (Å²) in [5, 5.41) is 0.863. The first-order chi connectivity index (χ1) is 22.7. The number of quaternary nitrogens is 1. The summed E-state index contributed by atoms with van der Waals surface area (Å²) in [5.74, 6) is 1.39. The van der Waals surface area contributed by atoms with E-state index < -0.39 is 25.6 Å². The minimum absolute atomic E-state index is 0.0657. The molecule has 6 rings (SSSR count). The van der Waals surface area contributed by atoms with Crippen LogP contribution in [0.4, 0.5) is 5.69 Å². The van der Waals surface area contributed by atoms with Gasteiger partial charge in [-0.3, -0.25) is 9.11 Å². The Morgan fingerprint density at radius 1 is 1.00 bits per heavy atom. The number of hydrogen-bond donors (Lipinski definition) is 2. The molecule has 1 aliphatic carbocycles. The number of allylic oxidation sites excluding steroid dienone is 4. The van der Waals surface area contributed by atoms with Crippen LogP contribution in [0.3, 0.4) is 0 Å². The number of nitrogens with zero attached hydrogens (tertiary/aromatic N) is 2. The molecule has 1 spiro atoms. The molecule has 1 aromatic heterocycles. The van der Waals surface area contributed by atoms with E-state index in [1.165, 1.54) is 0 Å². The normalized spacial score (nSPS) is 24.5. The number of rotatable bonds is 11. The van der Waals surface area contributed by atoms with Crippen molar-refractivity contribution < 1.29 is 40.0 Å². The Kier molecular flexibility index (Phi) is 9.90. The van der Waals surface area contributed by atoms with Crippen molar-refractivity contribution in [1.82, 2.24) is 4.48 Å². The zero-order valence-electron chi connectivity index (χ0n) is 27.5. The van der Waals surface area contributed by atoms with Crippen LogP contribution in [0.15, 0.2) is 69.1 Å². The third-order valence-corrected chi connectivity index (χ3v) is 13.8. The lowest BCUT2D eigenvalue weighted by Crippen LogP contribution is -2.66. The minimum atomic E-state index is -4.33. The van der Waals surface area contributed by atoms with Gasteiger partial charge in [-0.25, -0.2) is 4.48 Å². The maximum Gasteiger partial charge on any atom is 0.320 e. The summed E-state index contributed by atoms with van der Waals surface area (Å²) in [6, 6.07) is 11.7. The summed E-state index contributed by atoms with van der Waals surface area (Å²) in [6.07, 6.45) is 6.61. The molecule has 1 fully saturated rings. The Hall–Kier alpha value is -2.72. The molecule has 1 saturated heterocycles. The predicted molar refractivity (Wildman–Crippen MR) is 191 cm³/mol. The topological polar surface area (TPSA) is 131 Å². The molecule has 0 bridgehead atoms. The van der Waals surface area contributed by atoms with Crippen molar-refractivity contribution in [3.05, 3.63) is 69.2 Å². The van der Waals surface area contributed by atoms with Gasteiger partial charge in [0.2, 0.25) is 10.9 Å². The summed E-state index contributed by atoms with van der Waals surface area (Å²) in [7, 11) is -8.43. The summed E-state index contributed by atoms with van der Waals surface area (Å²) in [5.41, 5.74) is 5.17. The van der Waals surface area contributed by atoms with Crippen molar-refractivity contribution in [2.24, 2.45) is 5.92 Å². The van der Waals surface area contributed by atoms with Crippen molar-refractivity contribution in [3.63, 3.8) is 0 Å². The van der Waals surface area contributed by atoms with Crippen LogP contribution in [-0.4, -0.2) is 56.8 Å². The van der Waals surface area contributed by atoms with E-state index in [0.29, 0.717) is 44.4 Å². The zero-order valence-corrected chi connectivity index (χ0v) is 30.8. The third kappa shape index (κ3) is 6.85. The van der Waals surface area contributed by atoms with Gasteiger partial charge >= 0.3 is 10.1 Å². The van der Waals surface area contributed by atoms with Crippen molar-refractivity contribution in [2.45, 2.75) is 70.2 Å². The van der Waals surface area contributed by atoms with Gasteiger partial charge in [-0.2, -0.15) is 21.4 Å². The Balaban J connectivity index is 1.44. The first-order valence-corrected chi connectivity index (χ1v) is 20.9. The van der Waals surface area contributed by atoms with E-state index in [0.717, 1.165) is 66.1 Å². The number of benzene rings is 2. The van der Waals surface area contributed by atoms with Crippen LogP contribution in [-0.2, 0) is 26.8 Å². The highest BCUT2D eigenvalue weighted by atomic mass is 32.2. The van der Waals surface area contributed by atoms with Crippen LogP contribution in [0.2, 0.25) is 0 Å². The van der Waals surface area contributed by atoms with E-state index in [1.54, 1.807) is 23.1 Å². The molecule has 3 unspecified atom stereocenters. The second-order valence-corrected chi connectivity index (χ2v) is 17.9. The summed E-state index contributed by atoms with van der Waals surface area (Å²) in [6.45, 7) is 10.1. The van der Waals surface area contributed by atoms with Crippen LogP contribution in [0.25, 0.3) is 16.3 Å². The average molecular weight is 735 g/mol. The molecule has 0 saturated carbocycles. The van der Waals surface area contributed by atoms with Crippen molar-refractivity contribution in [3.8, 4) is 11.5 Å². The summed E-state index contributed by atoms with van der Waals surface area (Å²) < 4.78 is 82.9. The quantitative estimate of drug-likeness (QED) is 0.122. The number of aromatic nitrogens is 1. The van der Waals surface area contributed by atoms with Crippen molar-refractivity contribution in [1.29, 1.82) is 0 Å². The molecule has 48 heavy (non-hydrogen) atoms. The number of aryl methyl sites for hydroxylation is 1. The van der Waals surface area contributed by atoms with Crippen LogP contribution < -0.4 is 18.5 Å². The van der Waals surface area contributed by atoms with Crippen LogP contribution in [0.5, 0.6) is 11.5 Å². The fraction of sp³-hybridized carbons (Fsp3) is 0.441. The monoisotopic (exact) mass is 734 g/mol. The van der Waals surface area contributed by atoms with E-state index >= 15 is 0 Å². The van der Waals surface area contributed by atoms with E-state index in [-0.39, 0.29) is 16.7 Å². The van der Waals surface area contributed by atoms with Crippen LogP contribution in [0, 0.1) is 5.92 Å². The Labute approximate surface area is 290 Å². The molecule has 14 heteroatoms. The third-order valence-electron chi connectivity index (χ3n) is 9.34. The second kappa shape index (κ2) is 13.5. The lowest BCUT2D eigenvalue weighted by Gasteiger charge is -2.47. The Morgan fingerprint density at radius 3 is 2.35 bits per heavy atom. The molecule has 3 aromatic rings. The minimum Gasteiger partial charge on any atom is -0.494 e. The fourth-order valence-corrected chi connectivity index (χ4v) is 11.3. The number of thiazole rings is 1. The van der Waals surface area contributed by atoms with Gasteiger partial charge in [-0.05, 0) is 92.3 Å². The molecule has 10 nitrogen and oxygen atoms in total. The predicted octanol–water partition coefficient (Wildman–Crippen LogP) is 6.97. The van der Waals surface area contributed by atoms with Gasteiger partial charge in [0.25, 0.3) is 15.1 Å². The SMILES string of the molecule is CCOc1ccc2c(c1)[N+]1(CCC1S(=O)(=O)O)C(=CC1=C(C)C(=Cc3sc4ccc(OCC)cc4[n+]3CCCS(=O)(=O)O)CC(C)C1)S2. The van der Waals surface area contributed by atoms with E-state index in [9.17, 15) is 25.9 Å². The fourth-order valence-electron chi connectivity index (χ4n) is 7.05. The highest BCUT2D eigenvalue weighted by Gasteiger charge is 2.62. The van der Waals surface area contributed by atoms with Crippen molar-refractivity contribution >= 4 is 65.3 Å². The molecular weight excluding hydrogens is 693 g/mol. The molecule has 2 N–H and O–H groups in total. The number of thioether (sulfide) groups is 1. The summed E-state index contributed by atoms with van der Waals surface area (Å²) >= 11 is 3.17. The number of hydrogen-bond acceptors (Lipinski definition) is 8. The Bertz CT molecular complexity index is 2070. The molecule has 258 valence electrons. The molecule has 2 aliphatic heterocycles. The molecule has 3 heterocycles. The van der Waals surface area contributed by atoms with Gasteiger partial charge in [0, 0.05) is 24.6 Å². The maximum atomic E-state index is 12.7. The van der Waals surface area contributed by atoms with Crippen LogP contribution in [0.1, 0.15) is 58.4 Å². The largest absolute Gasteiger partial charge is 0.494 e. The van der Waals surface area contributed by atoms with Gasteiger partial charge in [0.05, 0.1) is 42.9 Å². The van der Waals surface area contributed by atoms with Gasteiger partial charge < -0.3 is 9.47 Å². The Morgan fingerprint density at radius 2 is 1.71 bits per heavy atom. The lowest BCUT2D eigenvalue weighted by atomic mass is 9.81. The maximum absolute atomic E-state index is 12.7.